The molecule has 2 heterocycles. The summed E-state index contributed by atoms with van der Waals surface area (Å²) in [5.41, 5.74) is 3.01. The average molecular weight is 379 g/mol. The number of rotatable bonds is 3. The maximum Gasteiger partial charge on any atom is 0.254 e. The second-order valence-electron chi connectivity index (χ2n) is 7.29. The molecular formula is C22H22FN3O2. The van der Waals surface area contributed by atoms with E-state index in [9.17, 15) is 14.0 Å². The van der Waals surface area contributed by atoms with E-state index in [0.717, 1.165) is 22.0 Å². The lowest BCUT2D eigenvalue weighted by atomic mass is 10.1. The van der Waals surface area contributed by atoms with E-state index < -0.39 is 5.82 Å². The monoisotopic (exact) mass is 379 g/mol. The van der Waals surface area contributed by atoms with Crippen molar-refractivity contribution in [1.29, 1.82) is 0 Å². The fourth-order valence-corrected chi connectivity index (χ4v) is 3.64. The zero-order chi connectivity index (χ0) is 19.7. The first-order valence-electron chi connectivity index (χ1n) is 9.39. The van der Waals surface area contributed by atoms with Gasteiger partial charge in [0.25, 0.3) is 11.5 Å². The summed E-state index contributed by atoms with van der Waals surface area (Å²) in [6.45, 7) is 5.03. The molecule has 2 aromatic carbocycles. The zero-order valence-electron chi connectivity index (χ0n) is 15.7. The van der Waals surface area contributed by atoms with Crippen LogP contribution >= 0.6 is 0 Å². The zero-order valence-corrected chi connectivity index (χ0v) is 15.7. The van der Waals surface area contributed by atoms with Crippen LogP contribution in [0.4, 0.5) is 4.39 Å². The minimum absolute atomic E-state index is 0.0744. The second-order valence-corrected chi connectivity index (χ2v) is 7.29. The number of benzene rings is 2. The number of amides is 1. The number of carbonyl (C=O) groups is 1. The lowest BCUT2D eigenvalue weighted by Gasteiger charge is -2.34. The van der Waals surface area contributed by atoms with E-state index in [-0.39, 0.29) is 11.5 Å². The third-order valence-corrected chi connectivity index (χ3v) is 5.20. The lowest BCUT2D eigenvalue weighted by Crippen LogP contribution is -2.48. The Bertz CT molecular complexity index is 1080. The minimum atomic E-state index is -0.407. The average Bonchev–Trinajstić information content (AvgIpc) is 2.69. The molecule has 0 atom stereocenters. The summed E-state index contributed by atoms with van der Waals surface area (Å²) in [4.78, 5) is 31.8. The molecule has 144 valence electrons. The highest BCUT2D eigenvalue weighted by molar-refractivity contribution is 5.94. The number of hydrogen-bond donors (Lipinski definition) is 1. The van der Waals surface area contributed by atoms with Gasteiger partial charge in [0.15, 0.2) is 0 Å². The maximum atomic E-state index is 13.4. The molecule has 28 heavy (non-hydrogen) atoms. The first-order chi connectivity index (χ1) is 13.5. The van der Waals surface area contributed by atoms with Crippen LogP contribution in [0.5, 0.6) is 0 Å². The Hall–Kier alpha value is -2.99. The van der Waals surface area contributed by atoms with Gasteiger partial charge in [-0.15, -0.1) is 0 Å². The summed E-state index contributed by atoms with van der Waals surface area (Å²) in [5, 5.41) is 1.02. The Kier molecular flexibility index (Phi) is 4.96. The summed E-state index contributed by atoms with van der Waals surface area (Å²) in [6.07, 6.45) is 0. The van der Waals surface area contributed by atoms with E-state index in [1.807, 2.05) is 25.1 Å². The van der Waals surface area contributed by atoms with Crippen LogP contribution < -0.4 is 5.56 Å². The number of nitrogens with zero attached hydrogens (tertiary/aromatic N) is 2. The summed E-state index contributed by atoms with van der Waals surface area (Å²) < 4.78 is 13.4. The number of fused-ring (bicyclic) bond motifs is 1. The molecule has 5 nitrogen and oxygen atoms in total. The van der Waals surface area contributed by atoms with Gasteiger partial charge in [-0.25, -0.2) is 4.39 Å². The third kappa shape index (κ3) is 3.82. The highest BCUT2D eigenvalue weighted by atomic mass is 19.1. The van der Waals surface area contributed by atoms with E-state index in [1.165, 1.54) is 12.1 Å². The summed E-state index contributed by atoms with van der Waals surface area (Å²) >= 11 is 0. The molecule has 1 aliphatic heterocycles. The minimum Gasteiger partial charge on any atom is -0.336 e. The molecule has 1 N–H and O–H groups in total. The van der Waals surface area contributed by atoms with Crippen molar-refractivity contribution >= 4 is 16.8 Å². The van der Waals surface area contributed by atoms with Gasteiger partial charge in [0.2, 0.25) is 0 Å². The Balaban J connectivity index is 1.43. The van der Waals surface area contributed by atoms with Crippen molar-refractivity contribution in [3.8, 4) is 0 Å². The maximum absolute atomic E-state index is 13.4. The normalized spacial score (nSPS) is 15.1. The van der Waals surface area contributed by atoms with Gasteiger partial charge in [0.1, 0.15) is 5.82 Å². The number of aromatic amines is 1. The molecular weight excluding hydrogens is 357 g/mol. The van der Waals surface area contributed by atoms with Gasteiger partial charge in [0.05, 0.1) is 0 Å². The number of aromatic nitrogens is 1. The highest BCUT2D eigenvalue weighted by Crippen LogP contribution is 2.16. The van der Waals surface area contributed by atoms with Crippen molar-refractivity contribution in [3.05, 3.63) is 81.4 Å². The van der Waals surface area contributed by atoms with Crippen LogP contribution in [0.15, 0.2) is 53.3 Å². The number of hydrogen-bond acceptors (Lipinski definition) is 3. The van der Waals surface area contributed by atoms with Gasteiger partial charge in [-0.3, -0.25) is 14.5 Å². The van der Waals surface area contributed by atoms with Crippen LogP contribution in [-0.4, -0.2) is 46.9 Å². The Morgan fingerprint density at radius 3 is 2.61 bits per heavy atom. The number of piperazine rings is 1. The molecule has 0 unspecified atom stereocenters. The van der Waals surface area contributed by atoms with Crippen LogP contribution in [0.25, 0.3) is 10.9 Å². The molecule has 1 amide bonds. The largest absolute Gasteiger partial charge is 0.336 e. The van der Waals surface area contributed by atoms with Crippen molar-refractivity contribution < 1.29 is 9.18 Å². The second kappa shape index (κ2) is 7.56. The summed E-state index contributed by atoms with van der Waals surface area (Å²) in [5.74, 6) is -0.562. The van der Waals surface area contributed by atoms with Crippen LogP contribution in [0.2, 0.25) is 0 Å². The molecule has 1 aliphatic rings. The van der Waals surface area contributed by atoms with Crippen molar-refractivity contribution in [1.82, 2.24) is 14.8 Å². The fourth-order valence-electron chi connectivity index (χ4n) is 3.64. The smallest absolute Gasteiger partial charge is 0.254 e. The van der Waals surface area contributed by atoms with E-state index in [0.29, 0.717) is 38.3 Å². The fraction of sp³-hybridized carbons (Fsp3) is 0.273. The first-order valence-corrected chi connectivity index (χ1v) is 9.39. The van der Waals surface area contributed by atoms with Crippen molar-refractivity contribution in [2.24, 2.45) is 0 Å². The van der Waals surface area contributed by atoms with E-state index in [4.69, 9.17) is 0 Å². The standard InChI is InChI=1S/C22H22FN3O2/c1-15-5-6-20-17(11-15)12-18(21(27)24-20)14-25-7-9-26(10-8-25)22(28)16-3-2-4-19(23)13-16/h2-6,11-13H,7-10,14H2,1H3,(H,24,27). The molecule has 6 heteroatoms. The van der Waals surface area contributed by atoms with Crippen LogP contribution in [0.1, 0.15) is 21.5 Å². The molecule has 1 saturated heterocycles. The molecule has 0 saturated carbocycles. The van der Waals surface area contributed by atoms with Crippen LogP contribution in [-0.2, 0) is 6.54 Å². The molecule has 0 radical (unpaired) electrons. The Labute approximate surface area is 162 Å². The molecule has 0 bridgehead atoms. The van der Waals surface area contributed by atoms with E-state index in [1.54, 1.807) is 17.0 Å². The number of aryl methyl sites for hydroxylation is 1. The lowest BCUT2D eigenvalue weighted by molar-refractivity contribution is 0.0627. The van der Waals surface area contributed by atoms with Gasteiger partial charge in [-0.05, 0) is 48.7 Å². The van der Waals surface area contributed by atoms with Crippen LogP contribution in [0.3, 0.4) is 0 Å². The Morgan fingerprint density at radius 2 is 1.86 bits per heavy atom. The first kappa shape index (κ1) is 18.4. The number of carbonyl (C=O) groups excluding carboxylic acids is 1. The predicted molar refractivity (Wildman–Crippen MR) is 107 cm³/mol. The summed E-state index contributed by atoms with van der Waals surface area (Å²) in [6, 6.07) is 13.7. The third-order valence-electron chi connectivity index (χ3n) is 5.20. The molecule has 4 rings (SSSR count). The topological polar surface area (TPSA) is 56.4 Å². The molecule has 1 aromatic heterocycles. The predicted octanol–water partition coefficient (Wildman–Crippen LogP) is 2.93. The number of nitrogens with one attached hydrogen (secondary N) is 1. The van der Waals surface area contributed by atoms with E-state index >= 15 is 0 Å². The van der Waals surface area contributed by atoms with Crippen molar-refractivity contribution in [3.63, 3.8) is 0 Å². The summed E-state index contributed by atoms with van der Waals surface area (Å²) in [7, 11) is 0. The number of halogens is 1. The highest BCUT2D eigenvalue weighted by Gasteiger charge is 2.23. The number of pyridine rings is 1. The quantitative estimate of drug-likeness (QED) is 0.761. The molecule has 0 aliphatic carbocycles. The molecule has 0 spiro atoms. The van der Waals surface area contributed by atoms with Crippen LogP contribution in [0, 0.1) is 12.7 Å². The van der Waals surface area contributed by atoms with Gasteiger partial charge in [-0.1, -0.05) is 17.7 Å². The van der Waals surface area contributed by atoms with Gasteiger partial charge in [-0.2, -0.15) is 0 Å². The van der Waals surface area contributed by atoms with Gasteiger partial charge in [0, 0.05) is 49.4 Å². The van der Waals surface area contributed by atoms with Gasteiger partial charge < -0.3 is 9.88 Å². The Morgan fingerprint density at radius 1 is 1.07 bits per heavy atom. The molecule has 1 fully saturated rings. The van der Waals surface area contributed by atoms with Crippen molar-refractivity contribution in [2.45, 2.75) is 13.5 Å². The SMILES string of the molecule is Cc1ccc2[nH]c(=O)c(CN3CCN(C(=O)c4cccc(F)c4)CC3)cc2c1. The number of H-pyrrole nitrogens is 1. The molecule has 3 aromatic rings. The van der Waals surface area contributed by atoms with Gasteiger partial charge >= 0.3 is 0 Å². The van der Waals surface area contributed by atoms with E-state index in [2.05, 4.69) is 16.0 Å². The van der Waals surface area contributed by atoms with Crippen molar-refractivity contribution in [2.75, 3.05) is 26.2 Å².